The number of phenols is 1. The molecule has 2 rings (SSSR count). The largest absolute Gasteiger partial charge is 0.508 e. The monoisotopic (exact) mass is 354 g/mol. The quantitative estimate of drug-likeness (QED) is 0.580. The summed E-state index contributed by atoms with van der Waals surface area (Å²) >= 11 is 0. The van der Waals surface area contributed by atoms with E-state index in [0.29, 0.717) is 12.3 Å². The van der Waals surface area contributed by atoms with E-state index in [0.717, 1.165) is 28.2 Å². The number of hydrogen-bond donors (Lipinski definition) is 2. The average molecular weight is 354 g/mol. The van der Waals surface area contributed by atoms with Crippen LogP contribution < -0.4 is 10.2 Å². The van der Waals surface area contributed by atoms with Crippen LogP contribution in [0.3, 0.4) is 0 Å². The van der Waals surface area contributed by atoms with Crippen LogP contribution in [0.2, 0.25) is 0 Å². The Bertz CT molecular complexity index is 780. The zero-order valence-corrected chi connectivity index (χ0v) is 15.7. The van der Waals surface area contributed by atoms with Gasteiger partial charge in [-0.15, -0.1) is 0 Å². The molecular formula is C21H26N2O3. The minimum atomic E-state index is -0.314. The van der Waals surface area contributed by atoms with Crippen LogP contribution in [0.25, 0.3) is 0 Å². The van der Waals surface area contributed by atoms with Gasteiger partial charge in [0, 0.05) is 0 Å². The second-order valence-electron chi connectivity index (χ2n) is 6.48. The van der Waals surface area contributed by atoms with Crippen molar-refractivity contribution in [3.8, 4) is 11.5 Å². The molecule has 26 heavy (non-hydrogen) atoms. The molecule has 0 atom stereocenters. The molecule has 5 heteroatoms. The molecule has 0 saturated carbocycles. The van der Waals surface area contributed by atoms with Crippen molar-refractivity contribution in [1.29, 1.82) is 0 Å². The van der Waals surface area contributed by atoms with Gasteiger partial charge < -0.3 is 9.84 Å². The van der Waals surface area contributed by atoms with Crippen LogP contribution in [0.1, 0.15) is 49.8 Å². The van der Waals surface area contributed by atoms with Gasteiger partial charge in [-0.05, 0) is 66.3 Å². The highest BCUT2D eigenvalue weighted by atomic mass is 16.5. The molecule has 138 valence electrons. The van der Waals surface area contributed by atoms with Crippen molar-refractivity contribution in [2.75, 3.05) is 6.61 Å². The summed E-state index contributed by atoms with van der Waals surface area (Å²) in [6.07, 6.45) is 0.654. The van der Waals surface area contributed by atoms with Gasteiger partial charge in [-0.2, -0.15) is 5.10 Å². The second-order valence-corrected chi connectivity index (χ2v) is 6.48. The van der Waals surface area contributed by atoms with Gasteiger partial charge in [0.1, 0.15) is 11.5 Å². The summed E-state index contributed by atoms with van der Waals surface area (Å²) in [5.74, 6) is 0.924. The molecule has 0 aliphatic heterocycles. The first-order chi connectivity index (χ1) is 12.4. The molecule has 0 radical (unpaired) electrons. The van der Waals surface area contributed by atoms with E-state index in [1.807, 2.05) is 32.0 Å². The number of carbonyl (C=O) groups excluding carboxylic acids is 1. The maximum Gasteiger partial charge on any atom is 0.277 e. The number of nitrogens with one attached hydrogen (secondary N) is 1. The summed E-state index contributed by atoms with van der Waals surface area (Å²) in [5, 5.41) is 13.5. The summed E-state index contributed by atoms with van der Waals surface area (Å²) in [6.45, 7) is 8.03. The van der Waals surface area contributed by atoms with E-state index in [2.05, 4.69) is 24.4 Å². The summed E-state index contributed by atoms with van der Waals surface area (Å²) < 4.78 is 5.71. The van der Waals surface area contributed by atoms with Crippen molar-refractivity contribution in [3.05, 3.63) is 59.2 Å². The first kappa shape index (κ1) is 19.5. The first-order valence-electron chi connectivity index (χ1n) is 8.78. The van der Waals surface area contributed by atoms with Gasteiger partial charge in [-0.3, -0.25) is 4.79 Å². The lowest BCUT2D eigenvalue weighted by atomic mass is 10.0. The Hall–Kier alpha value is -2.82. The minimum absolute atomic E-state index is 0.0980. The van der Waals surface area contributed by atoms with E-state index in [4.69, 9.17) is 4.74 Å². The van der Waals surface area contributed by atoms with Gasteiger partial charge >= 0.3 is 0 Å². The molecule has 2 N–H and O–H groups in total. The summed E-state index contributed by atoms with van der Waals surface area (Å²) in [7, 11) is 0. The molecule has 0 saturated heterocycles. The van der Waals surface area contributed by atoms with Gasteiger partial charge in [0.15, 0.2) is 6.61 Å². The molecule has 0 aliphatic carbocycles. The van der Waals surface area contributed by atoms with Gasteiger partial charge in [0.05, 0.1) is 5.71 Å². The van der Waals surface area contributed by atoms with Crippen LogP contribution in [0.15, 0.2) is 47.6 Å². The van der Waals surface area contributed by atoms with Crippen LogP contribution >= 0.6 is 0 Å². The molecule has 5 nitrogen and oxygen atoms in total. The highest BCUT2D eigenvalue weighted by Gasteiger charge is 2.10. The van der Waals surface area contributed by atoms with E-state index in [9.17, 15) is 9.90 Å². The predicted molar refractivity (Wildman–Crippen MR) is 104 cm³/mol. The SMILES string of the molecule is CC/C(=N\NC(=O)COc1cc(C)ccc1C(C)C)c1ccc(O)cc1. The molecule has 0 fully saturated rings. The van der Waals surface area contributed by atoms with Crippen LogP contribution in [-0.2, 0) is 4.79 Å². The molecule has 2 aromatic rings. The Morgan fingerprint density at radius 3 is 2.50 bits per heavy atom. The smallest absolute Gasteiger partial charge is 0.277 e. The van der Waals surface area contributed by atoms with Gasteiger partial charge in [0.25, 0.3) is 5.91 Å². The normalized spacial score (nSPS) is 11.5. The number of ether oxygens (including phenoxy) is 1. The topological polar surface area (TPSA) is 70.9 Å². The third-order valence-electron chi connectivity index (χ3n) is 4.00. The summed E-state index contributed by atoms with van der Waals surface area (Å²) in [5.41, 5.74) is 6.29. The lowest BCUT2D eigenvalue weighted by Gasteiger charge is -2.14. The Balaban J connectivity index is 2.00. The number of hydrazone groups is 1. The third kappa shape index (κ3) is 5.34. The molecule has 0 unspecified atom stereocenters. The Kier molecular flexibility index (Phi) is 6.78. The fourth-order valence-electron chi connectivity index (χ4n) is 2.55. The average Bonchev–Trinajstić information content (AvgIpc) is 2.61. The van der Waals surface area contributed by atoms with Crippen LogP contribution in [0.4, 0.5) is 0 Å². The lowest BCUT2D eigenvalue weighted by molar-refractivity contribution is -0.123. The molecule has 0 aromatic heterocycles. The number of aromatic hydroxyl groups is 1. The van der Waals surface area contributed by atoms with Crippen molar-refractivity contribution >= 4 is 11.6 Å². The molecule has 0 aliphatic rings. The highest BCUT2D eigenvalue weighted by molar-refractivity contribution is 6.01. The fraction of sp³-hybridized carbons (Fsp3) is 0.333. The van der Waals surface area contributed by atoms with Crippen molar-refractivity contribution in [2.45, 2.75) is 40.0 Å². The number of aryl methyl sites for hydroxylation is 1. The van der Waals surface area contributed by atoms with Crippen molar-refractivity contribution in [2.24, 2.45) is 5.10 Å². The van der Waals surface area contributed by atoms with Crippen LogP contribution in [-0.4, -0.2) is 23.3 Å². The Morgan fingerprint density at radius 1 is 1.19 bits per heavy atom. The highest BCUT2D eigenvalue weighted by Crippen LogP contribution is 2.27. The number of carbonyl (C=O) groups is 1. The lowest BCUT2D eigenvalue weighted by Crippen LogP contribution is -2.26. The van der Waals surface area contributed by atoms with E-state index in [-0.39, 0.29) is 18.3 Å². The zero-order chi connectivity index (χ0) is 19.1. The summed E-state index contributed by atoms with van der Waals surface area (Å²) in [6, 6.07) is 12.7. The maximum absolute atomic E-state index is 12.1. The number of nitrogens with zero attached hydrogens (tertiary/aromatic N) is 1. The third-order valence-corrected chi connectivity index (χ3v) is 4.00. The molecule has 0 spiro atoms. The van der Waals surface area contributed by atoms with Crippen molar-refractivity contribution in [1.82, 2.24) is 5.43 Å². The van der Waals surface area contributed by atoms with Crippen molar-refractivity contribution < 1.29 is 14.6 Å². The second kappa shape index (κ2) is 9.04. The van der Waals surface area contributed by atoms with Gasteiger partial charge in [0.2, 0.25) is 0 Å². The van der Waals surface area contributed by atoms with Gasteiger partial charge in [-0.1, -0.05) is 32.9 Å². The minimum Gasteiger partial charge on any atom is -0.508 e. The summed E-state index contributed by atoms with van der Waals surface area (Å²) in [4.78, 5) is 12.1. The fourth-order valence-corrected chi connectivity index (χ4v) is 2.55. The van der Waals surface area contributed by atoms with E-state index in [1.165, 1.54) is 0 Å². The molecule has 0 bridgehead atoms. The van der Waals surface area contributed by atoms with Crippen LogP contribution in [0, 0.1) is 6.92 Å². The molecule has 1 amide bonds. The maximum atomic E-state index is 12.1. The zero-order valence-electron chi connectivity index (χ0n) is 15.7. The van der Waals surface area contributed by atoms with Gasteiger partial charge in [-0.25, -0.2) is 5.43 Å². The number of benzene rings is 2. The van der Waals surface area contributed by atoms with E-state index >= 15 is 0 Å². The van der Waals surface area contributed by atoms with Crippen LogP contribution in [0.5, 0.6) is 11.5 Å². The number of hydrogen-bond acceptors (Lipinski definition) is 4. The molecule has 0 heterocycles. The van der Waals surface area contributed by atoms with E-state index in [1.54, 1.807) is 24.3 Å². The standard InChI is InChI=1S/C21H26N2O3/c1-5-19(16-7-9-17(24)10-8-16)22-23-21(25)13-26-20-12-15(4)6-11-18(20)14(2)3/h6-12,14,24H,5,13H2,1-4H3,(H,23,25)/b22-19+. The van der Waals surface area contributed by atoms with E-state index < -0.39 is 0 Å². The Morgan fingerprint density at radius 2 is 1.88 bits per heavy atom. The number of phenolic OH excluding ortho intramolecular Hbond substituents is 1. The first-order valence-corrected chi connectivity index (χ1v) is 8.78. The Labute approximate surface area is 154 Å². The number of rotatable bonds is 7. The predicted octanol–water partition coefficient (Wildman–Crippen LogP) is 4.13. The number of amides is 1. The molecule has 2 aromatic carbocycles. The molecular weight excluding hydrogens is 328 g/mol. The van der Waals surface area contributed by atoms with Crippen molar-refractivity contribution in [3.63, 3.8) is 0 Å².